The molecule has 0 bridgehead atoms. The van der Waals surface area contributed by atoms with E-state index in [0.29, 0.717) is 16.2 Å². The number of para-hydroxylation sites is 1. The van der Waals surface area contributed by atoms with Gasteiger partial charge in [-0.05, 0) is 42.5 Å². The van der Waals surface area contributed by atoms with Crippen LogP contribution in [0.3, 0.4) is 0 Å². The Morgan fingerprint density at radius 3 is 2.55 bits per heavy atom. The highest BCUT2D eigenvalue weighted by Gasteiger charge is 2.22. The predicted octanol–water partition coefficient (Wildman–Crippen LogP) is 4.40. The van der Waals surface area contributed by atoms with Crippen molar-refractivity contribution in [2.75, 3.05) is 10.0 Å². The molecule has 0 saturated heterocycles. The van der Waals surface area contributed by atoms with Crippen molar-refractivity contribution in [3.05, 3.63) is 77.3 Å². The van der Waals surface area contributed by atoms with Gasteiger partial charge in [0.05, 0.1) is 23.0 Å². The van der Waals surface area contributed by atoms with Crippen LogP contribution in [-0.4, -0.2) is 23.1 Å². The van der Waals surface area contributed by atoms with E-state index in [2.05, 4.69) is 18.8 Å². The Morgan fingerprint density at radius 2 is 1.76 bits per heavy atom. The van der Waals surface area contributed by atoms with Gasteiger partial charge in [0.25, 0.3) is 15.9 Å². The summed E-state index contributed by atoms with van der Waals surface area (Å²) in [6, 6.07) is 17.9. The number of anilines is 2. The minimum Gasteiger partial charge on any atom is -0.322 e. The van der Waals surface area contributed by atoms with Crippen LogP contribution in [0.4, 0.5) is 11.4 Å². The summed E-state index contributed by atoms with van der Waals surface area (Å²) in [6.45, 7) is 0. The van der Waals surface area contributed by atoms with Gasteiger partial charge in [-0.2, -0.15) is 8.75 Å². The molecule has 0 unspecified atom stereocenters. The zero-order valence-electron chi connectivity index (χ0n) is 14.7. The highest BCUT2D eigenvalue weighted by atomic mass is 35.5. The molecule has 0 spiro atoms. The predicted molar refractivity (Wildman–Crippen MR) is 114 cm³/mol. The van der Waals surface area contributed by atoms with E-state index in [1.54, 1.807) is 36.4 Å². The normalized spacial score (nSPS) is 11.3. The molecule has 2 N–H and O–H groups in total. The summed E-state index contributed by atoms with van der Waals surface area (Å²) in [4.78, 5) is 12.7. The number of nitrogens with one attached hydrogen (secondary N) is 2. The maximum Gasteiger partial charge on any atom is 0.264 e. The molecule has 0 fully saturated rings. The van der Waals surface area contributed by atoms with Crippen molar-refractivity contribution in [3.8, 4) is 0 Å². The van der Waals surface area contributed by atoms with E-state index in [0.717, 1.165) is 11.7 Å². The average molecular weight is 445 g/mol. The maximum atomic E-state index is 13.0. The summed E-state index contributed by atoms with van der Waals surface area (Å²) in [5.74, 6) is -0.495. The Kier molecular flexibility index (Phi) is 5.18. The number of nitrogens with zero attached hydrogens (tertiary/aromatic N) is 2. The van der Waals surface area contributed by atoms with Gasteiger partial charge in [0.15, 0.2) is 0 Å². The standard InChI is InChI=1S/C19H13ClN4O3S2/c20-12-9-10-15(14(11-12)19(25)21-13-5-2-1-3-6-13)24-29(26,27)17-8-4-7-16-18(17)23-28-22-16/h1-11,24H,(H,21,25). The summed E-state index contributed by atoms with van der Waals surface area (Å²) < 4.78 is 36.6. The van der Waals surface area contributed by atoms with Crippen LogP contribution in [0.2, 0.25) is 5.02 Å². The van der Waals surface area contributed by atoms with Crippen LogP contribution in [-0.2, 0) is 10.0 Å². The van der Waals surface area contributed by atoms with Crippen molar-refractivity contribution in [2.24, 2.45) is 0 Å². The van der Waals surface area contributed by atoms with Crippen molar-refractivity contribution in [3.63, 3.8) is 0 Å². The van der Waals surface area contributed by atoms with Gasteiger partial charge >= 0.3 is 0 Å². The van der Waals surface area contributed by atoms with E-state index in [4.69, 9.17) is 11.6 Å². The molecule has 4 aromatic rings. The lowest BCUT2D eigenvalue weighted by molar-refractivity contribution is 0.102. The van der Waals surface area contributed by atoms with Gasteiger partial charge < -0.3 is 5.32 Å². The number of sulfonamides is 1. The molecule has 0 aliphatic rings. The van der Waals surface area contributed by atoms with Gasteiger partial charge in [-0.3, -0.25) is 9.52 Å². The molecule has 0 saturated carbocycles. The lowest BCUT2D eigenvalue weighted by Crippen LogP contribution is -2.19. The first-order valence-corrected chi connectivity index (χ1v) is 10.9. The average Bonchev–Trinajstić information content (AvgIpc) is 3.18. The number of hydrogen-bond acceptors (Lipinski definition) is 6. The Morgan fingerprint density at radius 1 is 0.966 bits per heavy atom. The van der Waals surface area contributed by atoms with Crippen LogP contribution in [0.5, 0.6) is 0 Å². The molecule has 0 aliphatic carbocycles. The second-order valence-corrected chi connectivity index (χ2v) is 8.62. The molecule has 7 nitrogen and oxygen atoms in total. The Balaban J connectivity index is 1.70. The van der Waals surface area contributed by atoms with Crippen molar-refractivity contribution in [2.45, 2.75) is 4.90 Å². The molecule has 0 aliphatic heterocycles. The van der Waals surface area contributed by atoms with Crippen LogP contribution < -0.4 is 10.0 Å². The second kappa shape index (κ2) is 7.78. The largest absolute Gasteiger partial charge is 0.322 e. The fraction of sp³-hybridized carbons (Fsp3) is 0. The Hall–Kier alpha value is -3.01. The van der Waals surface area contributed by atoms with Crippen molar-refractivity contribution in [1.82, 2.24) is 8.75 Å². The fourth-order valence-electron chi connectivity index (χ4n) is 2.71. The number of carbonyl (C=O) groups is 1. The third-order valence-electron chi connectivity index (χ3n) is 4.04. The second-order valence-electron chi connectivity index (χ2n) is 6.00. The number of aromatic nitrogens is 2. The minimum atomic E-state index is -4.02. The zero-order chi connectivity index (χ0) is 20.4. The van der Waals surface area contributed by atoms with Crippen LogP contribution in [0, 0.1) is 0 Å². The smallest absolute Gasteiger partial charge is 0.264 e. The number of benzene rings is 3. The SMILES string of the molecule is O=C(Nc1ccccc1)c1cc(Cl)ccc1NS(=O)(=O)c1cccc2nsnc12. The minimum absolute atomic E-state index is 0.0203. The third kappa shape index (κ3) is 4.07. The van der Waals surface area contributed by atoms with Gasteiger partial charge in [-0.1, -0.05) is 35.9 Å². The fourth-order valence-corrected chi connectivity index (χ4v) is 4.73. The van der Waals surface area contributed by atoms with E-state index in [1.807, 2.05) is 6.07 Å². The monoisotopic (exact) mass is 444 g/mol. The van der Waals surface area contributed by atoms with Crippen LogP contribution in [0.25, 0.3) is 11.0 Å². The summed E-state index contributed by atoms with van der Waals surface area (Å²) in [5, 5.41) is 3.03. The van der Waals surface area contributed by atoms with E-state index in [-0.39, 0.29) is 21.7 Å². The lowest BCUT2D eigenvalue weighted by Gasteiger charge is -2.13. The van der Waals surface area contributed by atoms with Gasteiger partial charge in [-0.25, -0.2) is 8.42 Å². The summed E-state index contributed by atoms with van der Waals surface area (Å²) in [6.07, 6.45) is 0. The number of carbonyl (C=O) groups excluding carboxylic acids is 1. The topological polar surface area (TPSA) is 101 Å². The first-order valence-electron chi connectivity index (χ1n) is 8.34. The number of halogens is 1. The number of hydrogen-bond donors (Lipinski definition) is 2. The quantitative estimate of drug-likeness (QED) is 0.475. The summed E-state index contributed by atoms with van der Waals surface area (Å²) >= 11 is 6.97. The van der Waals surface area contributed by atoms with E-state index >= 15 is 0 Å². The van der Waals surface area contributed by atoms with E-state index < -0.39 is 15.9 Å². The lowest BCUT2D eigenvalue weighted by atomic mass is 10.1. The van der Waals surface area contributed by atoms with Crippen LogP contribution in [0.15, 0.2) is 71.6 Å². The third-order valence-corrected chi connectivity index (χ3v) is 6.22. The summed E-state index contributed by atoms with van der Waals surface area (Å²) in [5.41, 5.74) is 1.52. The first kappa shape index (κ1) is 19.3. The molecule has 146 valence electrons. The molecule has 1 amide bonds. The van der Waals surface area contributed by atoms with Gasteiger partial charge in [0.1, 0.15) is 15.9 Å². The molecule has 4 rings (SSSR count). The number of amides is 1. The van der Waals surface area contributed by atoms with E-state index in [1.165, 1.54) is 24.3 Å². The Labute approximate surface area is 175 Å². The number of fused-ring (bicyclic) bond motifs is 1. The molecule has 1 aromatic heterocycles. The first-order chi connectivity index (χ1) is 13.9. The molecule has 10 heteroatoms. The van der Waals surface area contributed by atoms with Gasteiger partial charge in [-0.15, -0.1) is 0 Å². The van der Waals surface area contributed by atoms with Gasteiger partial charge in [0, 0.05) is 10.7 Å². The highest BCUT2D eigenvalue weighted by molar-refractivity contribution is 7.93. The van der Waals surface area contributed by atoms with Crippen LogP contribution in [0.1, 0.15) is 10.4 Å². The van der Waals surface area contributed by atoms with Crippen molar-refractivity contribution < 1.29 is 13.2 Å². The molecule has 3 aromatic carbocycles. The zero-order valence-corrected chi connectivity index (χ0v) is 17.1. The van der Waals surface area contributed by atoms with Crippen LogP contribution >= 0.6 is 23.3 Å². The summed E-state index contributed by atoms with van der Waals surface area (Å²) in [7, 11) is -4.02. The van der Waals surface area contributed by atoms with Crippen molar-refractivity contribution >= 4 is 61.7 Å². The molecule has 1 heterocycles. The molecule has 0 atom stereocenters. The maximum absolute atomic E-state index is 13.0. The Bertz CT molecular complexity index is 1310. The molecule has 29 heavy (non-hydrogen) atoms. The van der Waals surface area contributed by atoms with Gasteiger partial charge in [0.2, 0.25) is 0 Å². The van der Waals surface area contributed by atoms with Crippen molar-refractivity contribution in [1.29, 1.82) is 0 Å². The number of rotatable bonds is 5. The molecule has 0 radical (unpaired) electrons. The molecular formula is C19H13ClN4O3S2. The van der Waals surface area contributed by atoms with E-state index in [9.17, 15) is 13.2 Å². The molecular weight excluding hydrogens is 432 g/mol. The highest BCUT2D eigenvalue weighted by Crippen LogP contribution is 2.27.